The van der Waals surface area contributed by atoms with E-state index in [2.05, 4.69) is 33.4 Å². The first kappa shape index (κ1) is 16.6. The van der Waals surface area contributed by atoms with E-state index in [9.17, 15) is 4.79 Å². The molecule has 1 N–H and O–H groups in total. The number of hydrogen-bond acceptors (Lipinski definition) is 3. The van der Waals surface area contributed by atoms with Crippen LogP contribution in [0.1, 0.15) is 22.3 Å². The van der Waals surface area contributed by atoms with E-state index in [-0.39, 0.29) is 5.91 Å². The number of amides is 1. The summed E-state index contributed by atoms with van der Waals surface area (Å²) in [5.74, 6) is 0.608. The number of nitrogens with zero attached hydrogens (tertiary/aromatic N) is 2. The summed E-state index contributed by atoms with van der Waals surface area (Å²) in [5, 5.41) is 3.46. The highest BCUT2D eigenvalue weighted by molar-refractivity contribution is 6.31. The summed E-state index contributed by atoms with van der Waals surface area (Å²) < 4.78 is 0. The third-order valence-corrected chi connectivity index (χ3v) is 4.71. The van der Waals surface area contributed by atoms with Crippen LogP contribution in [0.2, 0.25) is 5.02 Å². The van der Waals surface area contributed by atoms with Crippen LogP contribution in [0.25, 0.3) is 0 Å². The van der Waals surface area contributed by atoms with E-state index < -0.39 is 0 Å². The first-order chi connectivity index (χ1) is 12.7. The molecular formula is C21H18ClN3O. The molecule has 0 fully saturated rings. The van der Waals surface area contributed by atoms with Crippen LogP contribution in [0.4, 0.5) is 17.2 Å². The van der Waals surface area contributed by atoms with Crippen LogP contribution in [-0.4, -0.2) is 17.4 Å². The number of halogens is 1. The van der Waals surface area contributed by atoms with Gasteiger partial charge in [-0.1, -0.05) is 35.9 Å². The van der Waals surface area contributed by atoms with Gasteiger partial charge in [-0.25, -0.2) is 4.98 Å². The first-order valence-corrected chi connectivity index (χ1v) is 8.97. The third-order valence-electron chi connectivity index (χ3n) is 4.48. The number of fused-ring (bicyclic) bond motifs is 1. The van der Waals surface area contributed by atoms with Gasteiger partial charge >= 0.3 is 0 Å². The van der Waals surface area contributed by atoms with Gasteiger partial charge in [-0.2, -0.15) is 0 Å². The van der Waals surface area contributed by atoms with E-state index in [1.54, 1.807) is 30.5 Å². The van der Waals surface area contributed by atoms with Crippen molar-refractivity contribution in [1.82, 2.24) is 4.98 Å². The molecule has 0 saturated carbocycles. The predicted octanol–water partition coefficient (Wildman–Crippen LogP) is 5.07. The average molecular weight is 364 g/mol. The summed E-state index contributed by atoms with van der Waals surface area (Å²) >= 11 is 5.98. The standard InChI is InChI=1S/C21H18ClN3O/c22-17-7-3-8-18(14-17)24-21(26)16-10-11-23-20(13-16)25-12-4-6-15-5-1-2-9-19(15)25/h1-3,5,7-11,13-14H,4,6,12H2,(H,24,26). The number of benzene rings is 2. The normalized spacial score (nSPS) is 13.2. The Hall–Kier alpha value is -2.85. The molecule has 1 aromatic heterocycles. The molecule has 26 heavy (non-hydrogen) atoms. The number of aromatic nitrogens is 1. The summed E-state index contributed by atoms with van der Waals surface area (Å²) in [4.78, 5) is 19.3. The Morgan fingerprint density at radius 1 is 1.08 bits per heavy atom. The molecule has 0 spiro atoms. The van der Waals surface area contributed by atoms with Gasteiger partial charge in [0.25, 0.3) is 5.91 Å². The van der Waals surface area contributed by atoms with Crippen LogP contribution >= 0.6 is 11.6 Å². The van der Waals surface area contributed by atoms with Gasteiger partial charge in [-0.05, 0) is 54.8 Å². The molecule has 5 heteroatoms. The third kappa shape index (κ3) is 3.41. The molecule has 0 saturated heterocycles. The van der Waals surface area contributed by atoms with E-state index in [0.29, 0.717) is 16.3 Å². The number of anilines is 3. The van der Waals surface area contributed by atoms with Crippen molar-refractivity contribution in [2.24, 2.45) is 0 Å². The summed E-state index contributed by atoms with van der Waals surface area (Å²) in [6, 6.07) is 19.0. The van der Waals surface area contributed by atoms with Crippen LogP contribution in [0.3, 0.4) is 0 Å². The molecule has 1 amide bonds. The van der Waals surface area contributed by atoms with Crippen LogP contribution in [0, 0.1) is 0 Å². The average Bonchev–Trinajstić information content (AvgIpc) is 2.67. The molecule has 0 atom stereocenters. The van der Waals surface area contributed by atoms with Gasteiger partial charge in [0.2, 0.25) is 0 Å². The van der Waals surface area contributed by atoms with Crippen molar-refractivity contribution in [3.8, 4) is 0 Å². The van der Waals surface area contributed by atoms with E-state index in [1.165, 1.54) is 11.3 Å². The highest BCUT2D eigenvalue weighted by Gasteiger charge is 2.19. The molecule has 3 aromatic rings. The van der Waals surface area contributed by atoms with Gasteiger partial charge in [0.05, 0.1) is 0 Å². The van der Waals surface area contributed by atoms with Crippen LogP contribution in [-0.2, 0) is 6.42 Å². The van der Waals surface area contributed by atoms with Gasteiger partial charge in [0.1, 0.15) is 5.82 Å². The van der Waals surface area contributed by atoms with E-state index in [1.807, 2.05) is 18.2 Å². The SMILES string of the molecule is O=C(Nc1cccc(Cl)c1)c1ccnc(N2CCCc3ccccc32)c1. The second-order valence-corrected chi connectivity index (χ2v) is 6.69. The van der Waals surface area contributed by atoms with Crippen molar-refractivity contribution in [2.45, 2.75) is 12.8 Å². The Balaban J connectivity index is 1.60. The van der Waals surface area contributed by atoms with E-state index in [0.717, 1.165) is 25.2 Å². The van der Waals surface area contributed by atoms with Gasteiger partial charge in [-0.15, -0.1) is 0 Å². The Labute approximate surface area is 157 Å². The molecule has 0 unspecified atom stereocenters. The largest absolute Gasteiger partial charge is 0.326 e. The minimum absolute atomic E-state index is 0.179. The highest BCUT2D eigenvalue weighted by Crippen LogP contribution is 2.32. The number of carbonyl (C=O) groups is 1. The fraction of sp³-hybridized carbons (Fsp3) is 0.143. The molecule has 1 aliphatic heterocycles. The summed E-state index contributed by atoms with van der Waals surface area (Å²) in [6.45, 7) is 0.892. The number of rotatable bonds is 3. The van der Waals surface area contributed by atoms with Crippen LogP contribution in [0.15, 0.2) is 66.9 Å². The number of pyridine rings is 1. The maximum absolute atomic E-state index is 12.6. The number of hydrogen-bond donors (Lipinski definition) is 1. The molecule has 0 bridgehead atoms. The van der Waals surface area contributed by atoms with Crippen molar-refractivity contribution in [2.75, 3.05) is 16.8 Å². The topological polar surface area (TPSA) is 45.2 Å². The zero-order valence-electron chi connectivity index (χ0n) is 14.2. The summed E-state index contributed by atoms with van der Waals surface area (Å²) in [5.41, 5.74) is 3.72. The van der Waals surface area contributed by atoms with E-state index >= 15 is 0 Å². The van der Waals surface area contributed by atoms with Gasteiger partial charge in [0.15, 0.2) is 0 Å². The zero-order chi connectivity index (χ0) is 17.9. The quantitative estimate of drug-likeness (QED) is 0.706. The molecule has 4 rings (SSSR count). The second-order valence-electron chi connectivity index (χ2n) is 6.25. The number of nitrogens with one attached hydrogen (secondary N) is 1. The van der Waals surface area contributed by atoms with Crippen molar-refractivity contribution in [3.63, 3.8) is 0 Å². The first-order valence-electron chi connectivity index (χ1n) is 8.59. The Morgan fingerprint density at radius 2 is 1.96 bits per heavy atom. The van der Waals surface area contributed by atoms with Crippen molar-refractivity contribution < 1.29 is 4.79 Å². The Kier molecular flexibility index (Phi) is 4.59. The van der Waals surface area contributed by atoms with Gasteiger partial charge in [0, 0.05) is 34.7 Å². The lowest BCUT2D eigenvalue weighted by atomic mass is 10.0. The minimum Gasteiger partial charge on any atom is -0.326 e. The second kappa shape index (κ2) is 7.18. The maximum atomic E-state index is 12.6. The smallest absolute Gasteiger partial charge is 0.255 e. The van der Waals surface area contributed by atoms with Crippen molar-refractivity contribution >= 4 is 34.7 Å². The molecule has 130 valence electrons. The van der Waals surface area contributed by atoms with E-state index in [4.69, 9.17) is 11.6 Å². The Bertz CT molecular complexity index is 957. The highest BCUT2D eigenvalue weighted by atomic mass is 35.5. The van der Waals surface area contributed by atoms with Crippen LogP contribution < -0.4 is 10.2 Å². The summed E-state index contributed by atoms with van der Waals surface area (Å²) in [7, 11) is 0. The number of carbonyl (C=O) groups excluding carboxylic acids is 1. The monoisotopic (exact) mass is 363 g/mol. The molecule has 2 heterocycles. The fourth-order valence-electron chi connectivity index (χ4n) is 3.25. The van der Waals surface area contributed by atoms with Crippen molar-refractivity contribution in [1.29, 1.82) is 0 Å². The minimum atomic E-state index is -0.179. The number of para-hydroxylation sites is 1. The predicted molar refractivity (Wildman–Crippen MR) is 105 cm³/mol. The van der Waals surface area contributed by atoms with Gasteiger partial charge in [-0.3, -0.25) is 4.79 Å². The maximum Gasteiger partial charge on any atom is 0.255 e. The Morgan fingerprint density at radius 3 is 2.85 bits per heavy atom. The molecule has 0 aliphatic carbocycles. The van der Waals surface area contributed by atoms with Gasteiger partial charge < -0.3 is 10.2 Å². The molecule has 0 radical (unpaired) electrons. The lowest BCUT2D eigenvalue weighted by molar-refractivity contribution is 0.102. The lowest BCUT2D eigenvalue weighted by Crippen LogP contribution is -2.25. The summed E-state index contributed by atoms with van der Waals surface area (Å²) in [6.07, 6.45) is 3.82. The molecule has 4 nitrogen and oxygen atoms in total. The lowest BCUT2D eigenvalue weighted by Gasteiger charge is -2.30. The van der Waals surface area contributed by atoms with Crippen molar-refractivity contribution in [3.05, 3.63) is 83.0 Å². The zero-order valence-corrected chi connectivity index (χ0v) is 14.9. The molecule has 1 aliphatic rings. The molecular weight excluding hydrogens is 346 g/mol. The fourth-order valence-corrected chi connectivity index (χ4v) is 3.44. The number of aryl methyl sites for hydroxylation is 1. The molecule has 2 aromatic carbocycles. The van der Waals surface area contributed by atoms with Crippen LogP contribution in [0.5, 0.6) is 0 Å².